The molecule has 0 spiro atoms. The van der Waals surface area contributed by atoms with Gasteiger partial charge in [0.2, 0.25) is 0 Å². The predicted octanol–water partition coefficient (Wildman–Crippen LogP) is 1.63. The maximum Gasteiger partial charge on any atom is 0.511 e. The van der Waals surface area contributed by atoms with Gasteiger partial charge >= 0.3 is 6.16 Å². The Morgan fingerprint density at radius 3 is 3.00 bits per heavy atom. The van der Waals surface area contributed by atoms with E-state index in [1.165, 1.54) is 10.9 Å². The lowest BCUT2D eigenvalue weighted by Gasteiger charge is -1.97. The van der Waals surface area contributed by atoms with E-state index in [2.05, 4.69) is 14.8 Å². The Hall–Kier alpha value is -2.37. The van der Waals surface area contributed by atoms with Gasteiger partial charge in [-0.15, -0.1) is 0 Å². The predicted molar refractivity (Wildman–Crippen MR) is 54.7 cm³/mol. The van der Waals surface area contributed by atoms with Gasteiger partial charge in [0.15, 0.2) is 5.75 Å². The van der Waals surface area contributed by atoms with Crippen LogP contribution in [-0.2, 0) is 0 Å². The second-order valence-electron chi connectivity index (χ2n) is 3.10. The van der Waals surface area contributed by atoms with Crippen molar-refractivity contribution >= 4 is 6.16 Å². The molecule has 6 heteroatoms. The fourth-order valence-corrected chi connectivity index (χ4v) is 1.26. The Morgan fingerprint density at radius 2 is 2.38 bits per heavy atom. The number of aromatic nitrogens is 3. The zero-order valence-electron chi connectivity index (χ0n) is 8.49. The number of carbonyl (C=O) groups is 1. The summed E-state index contributed by atoms with van der Waals surface area (Å²) in [4.78, 5) is 14.3. The number of hydrogen-bond acceptors (Lipinski definition) is 4. The molecule has 0 saturated heterocycles. The van der Waals surface area contributed by atoms with Crippen molar-refractivity contribution in [3.05, 3.63) is 36.4 Å². The van der Waals surface area contributed by atoms with E-state index in [9.17, 15) is 4.79 Å². The van der Waals surface area contributed by atoms with E-state index < -0.39 is 6.16 Å². The molecule has 0 aromatic carbocycles. The molecule has 0 aliphatic heterocycles. The Balaban J connectivity index is 2.34. The van der Waals surface area contributed by atoms with Gasteiger partial charge in [0, 0.05) is 6.20 Å². The summed E-state index contributed by atoms with van der Waals surface area (Å²) in [7, 11) is 0. The third-order valence-corrected chi connectivity index (χ3v) is 1.96. The highest BCUT2D eigenvalue weighted by Gasteiger charge is 2.10. The van der Waals surface area contributed by atoms with Gasteiger partial charge in [-0.2, -0.15) is 5.10 Å². The smallest absolute Gasteiger partial charge is 0.449 e. The topological polar surface area (TPSA) is 77.2 Å². The van der Waals surface area contributed by atoms with Crippen molar-refractivity contribution in [3.8, 4) is 11.4 Å². The monoisotopic (exact) mass is 219 g/mol. The molecule has 0 unspecified atom stereocenters. The molecule has 6 nitrogen and oxygen atoms in total. The molecule has 2 aromatic heterocycles. The van der Waals surface area contributed by atoms with Crippen LogP contribution in [0.15, 0.2) is 30.7 Å². The summed E-state index contributed by atoms with van der Waals surface area (Å²) in [6, 6.07) is 3.58. The van der Waals surface area contributed by atoms with Crippen LogP contribution in [0.3, 0.4) is 0 Å². The van der Waals surface area contributed by atoms with Crippen LogP contribution in [0, 0.1) is 6.92 Å². The first-order valence-corrected chi connectivity index (χ1v) is 4.54. The Labute approximate surface area is 91.1 Å². The summed E-state index contributed by atoms with van der Waals surface area (Å²) in [5, 5.41) is 12.6. The van der Waals surface area contributed by atoms with Crippen molar-refractivity contribution in [3.63, 3.8) is 0 Å². The van der Waals surface area contributed by atoms with E-state index in [1.807, 2.05) is 6.07 Å². The second kappa shape index (κ2) is 4.01. The number of aryl methyl sites for hydroxylation is 1. The summed E-state index contributed by atoms with van der Waals surface area (Å²) in [5.41, 5.74) is 1.25. The molecule has 16 heavy (non-hydrogen) atoms. The largest absolute Gasteiger partial charge is 0.511 e. The first-order valence-electron chi connectivity index (χ1n) is 4.54. The van der Waals surface area contributed by atoms with E-state index in [0.717, 1.165) is 5.69 Å². The molecule has 0 atom stereocenters. The summed E-state index contributed by atoms with van der Waals surface area (Å²) in [5.74, 6) is 0.219. The summed E-state index contributed by atoms with van der Waals surface area (Å²) < 4.78 is 6.07. The Morgan fingerprint density at radius 1 is 1.56 bits per heavy atom. The highest BCUT2D eigenvalue weighted by atomic mass is 16.7. The van der Waals surface area contributed by atoms with Gasteiger partial charge in [-0.25, -0.2) is 9.48 Å². The molecule has 0 amide bonds. The second-order valence-corrected chi connectivity index (χ2v) is 3.10. The minimum atomic E-state index is -1.35. The molecule has 0 aliphatic rings. The molecule has 2 heterocycles. The number of ether oxygens (including phenoxy) is 1. The third-order valence-electron chi connectivity index (χ3n) is 1.96. The number of nitrogens with zero attached hydrogens (tertiary/aromatic N) is 3. The van der Waals surface area contributed by atoms with E-state index in [0.29, 0.717) is 5.69 Å². The standard InChI is InChI=1S/C10H9N3O3/c1-7-9(16-10(14)15)6-13(12-7)8-3-2-4-11-5-8/h2-6H,1H3,(H,14,15). The average Bonchev–Trinajstić information content (AvgIpc) is 2.61. The molecule has 0 bridgehead atoms. The van der Waals surface area contributed by atoms with Crippen molar-refractivity contribution in [2.24, 2.45) is 0 Å². The molecule has 0 radical (unpaired) electrons. The van der Waals surface area contributed by atoms with Gasteiger partial charge in [-0.1, -0.05) is 0 Å². The molecule has 1 N–H and O–H groups in total. The van der Waals surface area contributed by atoms with Crippen molar-refractivity contribution < 1.29 is 14.6 Å². The Bertz CT molecular complexity index is 507. The van der Waals surface area contributed by atoms with Crippen LogP contribution in [0.4, 0.5) is 4.79 Å². The lowest BCUT2D eigenvalue weighted by atomic mass is 10.4. The normalized spacial score (nSPS) is 10.1. The summed E-state index contributed by atoms with van der Waals surface area (Å²) >= 11 is 0. The molecule has 0 fully saturated rings. The van der Waals surface area contributed by atoms with Crippen molar-refractivity contribution in [2.45, 2.75) is 6.92 Å². The highest BCUT2D eigenvalue weighted by molar-refractivity contribution is 5.61. The first-order chi connectivity index (χ1) is 7.66. The first kappa shape index (κ1) is 10.2. The van der Waals surface area contributed by atoms with Crippen LogP contribution in [0.1, 0.15) is 5.69 Å². The number of pyridine rings is 1. The van der Waals surface area contributed by atoms with Gasteiger partial charge in [0.25, 0.3) is 0 Å². The molecule has 82 valence electrons. The minimum Gasteiger partial charge on any atom is -0.449 e. The van der Waals surface area contributed by atoms with Gasteiger partial charge in [0.1, 0.15) is 5.69 Å². The van der Waals surface area contributed by atoms with E-state index >= 15 is 0 Å². The SMILES string of the molecule is Cc1nn(-c2cccnc2)cc1OC(=O)O. The Kier molecular flexibility index (Phi) is 2.55. The van der Waals surface area contributed by atoms with Gasteiger partial charge in [0.05, 0.1) is 18.1 Å². The lowest BCUT2D eigenvalue weighted by molar-refractivity contribution is 0.144. The zero-order valence-corrected chi connectivity index (χ0v) is 8.49. The number of carboxylic acid groups (broad SMARTS) is 1. The highest BCUT2D eigenvalue weighted by Crippen LogP contribution is 2.18. The molecule has 2 rings (SSSR count). The molecular weight excluding hydrogens is 210 g/mol. The molecular formula is C10H9N3O3. The molecule has 0 aliphatic carbocycles. The maximum absolute atomic E-state index is 10.4. The molecule has 0 saturated carbocycles. The van der Waals surface area contributed by atoms with E-state index in [4.69, 9.17) is 5.11 Å². The maximum atomic E-state index is 10.4. The molecule has 2 aromatic rings. The van der Waals surface area contributed by atoms with Crippen LogP contribution in [0.25, 0.3) is 5.69 Å². The fraction of sp³-hybridized carbons (Fsp3) is 0.100. The van der Waals surface area contributed by atoms with Crippen molar-refractivity contribution in [1.82, 2.24) is 14.8 Å². The van der Waals surface area contributed by atoms with Gasteiger partial charge in [-0.05, 0) is 19.1 Å². The summed E-state index contributed by atoms with van der Waals surface area (Å²) in [6.45, 7) is 1.67. The zero-order chi connectivity index (χ0) is 11.5. The van der Waals surface area contributed by atoms with Crippen LogP contribution in [0.2, 0.25) is 0 Å². The van der Waals surface area contributed by atoms with Gasteiger partial charge in [-0.3, -0.25) is 4.98 Å². The number of hydrogen-bond donors (Lipinski definition) is 1. The average molecular weight is 219 g/mol. The van der Waals surface area contributed by atoms with Crippen LogP contribution in [-0.4, -0.2) is 26.0 Å². The third kappa shape index (κ3) is 2.00. The summed E-state index contributed by atoms with van der Waals surface area (Å²) in [6.07, 6.45) is 3.42. The van der Waals surface area contributed by atoms with Crippen molar-refractivity contribution in [2.75, 3.05) is 0 Å². The quantitative estimate of drug-likeness (QED) is 0.777. The number of rotatable bonds is 2. The van der Waals surface area contributed by atoms with Crippen LogP contribution in [0.5, 0.6) is 5.75 Å². The van der Waals surface area contributed by atoms with E-state index in [-0.39, 0.29) is 5.75 Å². The fourth-order valence-electron chi connectivity index (χ4n) is 1.26. The lowest BCUT2D eigenvalue weighted by Crippen LogP contribution is -2.02. The minimum absolute atomic E-state index is 0.219. The van der Waals surface area contributed by atoms with Gasteiger partial charge < -0.3 is 9.84 Å². The van der Waals surface area contributed by atoms with Crippen molar-refractivity contribution in [1.29, 1.82) is 0 Å². The van der Waals surface area contributed by atoms with Crippen LogP contribution >= 0.6 is 0 Å². The van der Waals surface area contributed by atoms with E-state index in [1.54, 1.807) is 25.4 Å². The van der Waals surface area contributed by atoms with Crippen LogP contribution < -0.4 is 4.74 Å².